The summed E-state index contributed by atoms with van der Waals surface area (Å²) in [7, 11) is 1.52. The van der Waals surface area contributed by atoms with Crippen LogP contribution in [0.4, 0.5) is 14.5 Å². The van der Waals surface area contributed by atoms with Crippen molar-refractivity contribution in [2.24, 2.45) is 0 Å². The van der Waals surface area contributed by atoms with Crippen molar-refractivity contribution in [3.63, 3.8) is 0 Å². The molecule has 0 spiro atoms. The highest BCUT2D eigenvalue weighted by atomic mass is 35.5. The molecule has 25 heavy (non-hydrogen) atoms. The molecule has 0 aromatic heterocycles. The summed E-state index contributed by atoms with van der Waals surface area (Å²) in [5.41, 5.74) is 0.632. The van der Waals surface area contributed by atoms with Crippen molar-refractivity contribution in [1.29, 1.82) is 0 Å². The van der Waals surface area contributed by atoms with Crippen LogP contribution in [0.15, 0.2) is 24.3 Å². The molecule has 0 saturated carbocycles. The number of alkyl halides is 2. The third kappa shape index (κ3) is 4.01. The summed E-state index contributed by atoms with van der Waals surface area (Å²) in [6.45, 7) is -0.0878. The molecule has 0 aliphatic carbocycles. The number of hydrogen-bond acceptors (Lipinski definition) is 4. The van der Waals surface area contributed by atoms with Gasteiger partial charge in [-0.05, 0) is 18.6 Å². The Labute approximate surface area is 150 Å². The van der Waals surface area contributed by atoms with E-state index in [1.54, 1.807) is 29.2 Å². The fourth-order valence-electron chi connectivity index (χ4n) is 3.08. The highest BCUT2D eigenvalue weighted by molar-refractivity contribution is 6.02. The summed E-state index contributed by atoms with van der Waals surface area (Å²) in [6.07, 6.45) is -0.123. The van der Waals surface area contributed by atoms with E-state index in [0.717, 1.165) is 0 Å². The Morgan fingerprint density at radius 1 is 1.40 bits per heavy atom. The number of amides is 2. The Balaban J connectivity index is 0.00000225. The molecule has 2 aliphatic rings. The molecule has 9 heteroatoms. The first-order chi connectivity index (χ1) is 11.4. The minimum atomic E-state index is -2.88. The lowest BCUT2D eigenvalue weighted by Crippen LogP contribution is -2.48. The van der Waals surface area contributed by atoms with E-state index in [9.17, 15) is 18.4 Å². The molecule has 2 N–H and O–H groups in total. The van der Waals surface area contributed by atoms with Crippen LogP contribution in [0, 0.1) is 0 Å². The molecule has 1 aromatic rings. The second-order valence-corrected chi connectivity index (χ2v) is 6.01. The highest BCUT2D eigenvalue weighted by Gasteiger charge is 2.44. The van der Waals surface area contributed by atoms with Crippen molar-refractivity contribution in [1.82, 2.24) is 10.6 Å². The van der Waals surface area contributed by atoms with E-state index in [-0.39, 0.29) is 18.3 Å². The van der Waals surface area contributed by atoms with E-state index in [2.05, 4.69) is 10.6 Å². The smallest absolute Gasteiger partial charge is 0.262 e. The average Bonchev–Trinajstić information content (AvgIpc) is 3.10. The van der Waals surface area contributed by atoms with Gasteiger partial charge in [-0.3, -0.25) is 14.9 Å². The molecule has 2 saturated heterocycles. The third-order valence-electron chi connectivity index (χ3n) is 4.32. The topological polar surface area (TPSA) is 70.7 Å². The van der Waals surface area contributed by atoms with Gasteiger partial charge in [0.15, 0.2) is 0 Å². The van der Waals surface area contributed by atoms with Crippen molar-refractivity contribution >= 4 is 29.9 Å². The number of carbonyl (C=O) groups excluding carboxylic acids is 2. The maximum atomic E-state index is 13.2. The van der Waals surface area contributed by atoms with Crippen LogP contribution in [-0.4, -0.2) is 50.0 Å². The van der Waals surface area contributed by atoms with Gasteiger partial charge in [0.2, 0.25) is 11.8 Å². The quantitative estimate of drug-likeness (QED) is 0.833. The van der Waals surface area contributed by atoms with Crippen LogP contribution in [0.25, 0.3) is 0 Å². The summed E-state index contributed by atoms with van der Waals surface area (Å²) in [6, 6.07) is 5.43. The van der Waals surface area contributed by atoms with Crippen LogP contribution >= 0.6 is 12.4 Å². The first-order valence-electron chi connectivity index (χ1n) is 7.77. The van der Waals surface area contributed by atoms with Gasteiger partial charge in [-0.2, -0.15) is 0 Å². The van der Waals surface area contributed by atoms with Gasteiger partial charge in [-0.25, -0.2) is 8.78 Å². The minimum absolute atomic E-state index is 0. The van der Waals surface area contributed by atoms with Gasteiger partial charge < -0.3 is 15.0 Å². The molecule has 1 aromatic carbocycles. The van der Waals surface area contributed by atoms with Crippen molar-refractivity contribution in [2.45, 2.75) is 30.8 Å². The fraction of sp³-hybridized carbons (Fsp3) is 0.500. The third-order valence-corrected chi connectivity index (χ3v) is 4.32. The zero-order chi connectivity index (χ0) is 17.3. The number of benzene rings is 1. The van der Waals surface area contributed by atoms with Gasteiger partial charge >= 0.3 is 0 Å². The number of nitrogens with one attached hydrogen (secondary N) is 2. The van der Waals surface area contributed by atoms with Gasteiger partial charge in [0.05, 0.1) is 25.4 Å². The van der Waals surface area contributed by atoms with Crippen molar-refractivity contribution < 1.29 is 23.1 Å². The number of carbonyl (C=O) groups is 2. The molecular formula is C16H20ClF2N3O3. The number of hydrogen-bond donors (Lipinski definition) is 2. The molecule has 3 rings (SSSR count). The lowest BCUT2D eigenvalue weighted by molar-refractivity contribution is -0.128. The number of anilines is 1. The maximum absolute atomic E-state index is 13.2. The number of ether oxygens (including phenoxy) is 1. The monoisotopic (exact) mass is 375 g/mol. The standard InChI is InChI=1S/C16H19F2N3O3.ClH/c1-24-13-5-3-2-4-12(13)21-7-6-10(15(21)23)20-14(22)11-8-16(17,18)9-19-11;/h2-5,10-11,19H,6-9H2,1H3,(H,20,22);1H. The number of rotatable bonds is 4. The van der Waals surface area contributed by atoms with E-state index >= 15 is 0 Å². The van der Waals surface area contributed by atoms with Crippen molar-refractivity contribution in [3.05, 3.63) is 24.3 Å². The normalized spacial score (nSPS) is 24.8. The van der Waals surface area contributed by atoms with Crippen molar-refractivity contribution in [3.8, 4) is 5.75 Å². The van der Waals surface area contributed by atoms with Gasteiger partial charge in [0.25, 0.3) is 5.92 Å². The van der Waals surface area contributed by atoms with Crippen LogP contribution < -0.4 is 20.3 Å². The summed E-state index contributed by atoms with van der Waals surface area (Å²) < 4.78 is 31.6. The zero-order valence-corrected chi connectivity index (χ0v) is 14.4. The SMILES string of the molecule is COc1ccccc1N1CCC(NC(=O)C2CC(F)(F)CN2)C1=O.Cl. The van der Waals surface area contributed by atoms with E-state index in [1.807, 2.05) is 0 Å². The molecule has 0 radical (unpaired) electrons. The summed E-state index contributed by atoms with van der Waals surface area (Å²) >= 11 is 0. The average molecular weight is 376 g/mol. The van der Waals surface area contributed by atoms with Crippen LogP contribution in [0.5, 0.6) is 5.75 Å². The summed E-state index contributed by atoms with van der Waals surface area (Å²) in [5.74, 6) is -3.15. The second-order valence-electron chi connectivity index (χ2n) is 6.01. The summed E-state index contributed by atoms with van der Waals surface area (Å²) in [5, 5.41) is 5.07. The Kier molecular flexibility index (Phi) is 5.84. The Morgan fingerprint density at radius 2 is 2.12 bits per heavy atom. The van der Waals surface area contributed by atoms with Gasteiger partial charge in [0, 0.05) is 13.0 Å². The number of methoxy groups -OCH3 is 1. The van der Waals surface area contributed by atoms with E-state index in [0.29, 0.717) is 24.4 Å². The first-order valence-corrected chi connectivity index (χ1v) is 7.77. The number of halogens is 3. The molecule has 2 heterocycles. The Hall–Kier alpha value is -1.93. The lowest BCUT2D eigenvalue weighted by Gasteiger charge is -2.20. The summed E-state index contributed by atoms with van der Waals surface area (Å²) in [4.78, 5) is 26.2. The molecule has 2 atom stereocenters. The largest absolute Gasteiger partial charge is 0.495 e. The zero-order valence-electron chi connectivity index (χ0n) is 13.6. The second kappa shape index (κ2) is 7.53. The molecule has 2 amide bonds. The Morgan fingerprint density at radius 3 is 2.76 bits per heavy atom. The van der Waals surface area contributed by atoms with E-state index < -0.39 is 36.9 Å². The number of nitrogens with zero attached hydrogens (tertiary/aromatic N) is 1. The number of para-hydroxylation sites is 2. The van der Waals surface area contributed by atoms with Crippen LogP contribution in [0.3, 0.4) is 0 Å². The van der Waals surface area contributed by atoms with Gasteiger partial charge in [-0.15, -0.1) is 12.4 Å². The fourth-order valence-corrected chi connectivity index (χ4v) is 3.08. The maximum Gasteiger partial charge on any atom is 0.262 e. The minimum Gasteiger partial charge on any atom is -0.495 e. The first kappa shape index (κ1) is 19.4. The molecular weight excluding hydrogens is 356 g/mol. The van der Waals surface area contributed by atoms with Crippen molar-refractivity contribution in [2.75, 3.05) is 25.1 Å². The van der Waals surface area contributed by atoms with Crippen LogP contribution in [-0.2, 0) is 9.59 Å². The Bertz CT molecular complexity index is 659. The molecule has 6 nitrogen and oxygen atoms in total. The van der Waals surface area contributed by atoms with Gasteiger partial charge in [-0.1, -0.05) is 12.1 Å². The molecule has 2 aliphatic heterocycles. The van der Waals surface area contributed by atoms with Crippen LogP contribution in [0.2, 0.25) is 0 Å². The molecule has 138 valence electrons. The lowest BCUT2D eigenvalue weighted by atomic mass is 10.1. The van der Waals surface area contributed by atoms with Gasteiger partial charge in [0.1, 0.15) is 11.8 Å². The van der Waals surface area contributed by atoms with E-state index in [4.69, 9.17) is 4.74 Å². The molecule has 2 fully saturated rings. The highest BCUT2D eigenvalue weighted by Crippen LogP contribution is 2.31. The molecule has 2 unspecified atom stereocenters. The van der Waals surface area contributed by atoms with Crippen LogP contribution in [0.1, 0.15) is 12.8 Å². The predicted octanol–water partition coefficient (Wildman–Crippen LogP) is 1.34. The predicted molar refractivity (Wildman–Crippen MR) is 90.5 cm³/mol. The van der Waals surface area contributed by atoms with E-state index in [1.165, 1.54) is 7.11 Å². The molecule has 0 bridgehead atoms.